The Bertz CT molecular complexity index is 566. The van der Waals surface area contributed by atoms with E-state index in [1.165, 1.54) is 33.3 Å². The lowest BCUT2D eigenvalue weighted by molar-refractivity contribution is -0.139. The monoisotopic (exact) mass is 402 g/mol. The van der Waals surface area contributed by atoms with E-state index in [4.69, 9.17) is 22.4 Å². The summed E-state index contributed by atoms with van der Waals surface area (Å²) < 4.78 is -1.77. The largest absolute Gasteiger partial charge is 0.480 e. The van der Waals surface area contributed by atoms with Crippen LogP contribution in [0.4, 0.5) is 0 Å². The van der Waals surface area contributed by atoms with Crippen molar-refractivity contribution in [2.45, 2.75) is 44.6 Å². The Labute approximate surface area is 164 Å². The quantitative estimate of drug-likeness (QED) is 0.636. The van der Waals surface area contributed by atoms with E-state index in [-0.39, 0.29) is 7.43 Å². The Balaban J connectivity index is 0. The van der Waals surface area contributed by atoms with Crippen LogP contribution >= 0.6 is 35.7 Å². The van der Waals surface area contributed by atoms with Gasteiger partial charge in [0, 0.05) is 0 Å². The maximum Gasteiger partial charge on any atom is 0.319 e. The van der Waals surface area contributed by atoms with Crippen LogP contribution in [0.5, 0.6) is 0 Å². The fourth-order valence-electron chi connectivity index (χ4n) is 1.11. The fourth-order valence-corrected chi connectivity index (χ4v) is 4.79. The summed E-state index contributed by atoms with van der Waals surface area (Å²) in [7, 11) is 0. The minimum absolute atomic E-state index is 0. The molecule has 0 amide bonds. The van der Waals surface area contributed by atoms with Gasteiger partial charge in [0.25, 0.3) is 0 Å². The molecule has 7 heteroatoms. The summed E-state index contributed by atoms with van der Waals surface area (Å²) in [6.07, 6.45) is 1.83. The molecule has 0 saturated carbocycles. The molecule has 0 radical (unpaired) electrons. The van der Waals surface area contributed by atoms with Crippen molar-refractivity contribution < 1.29 is 19.8 Å². The van der Waals surface area contributed by atoms with E-state index < -0.39 is 21.4 Å². The van der Waals surface area contributed by atoms with Gasteiger partial charge < -0.3 is 10.2 Å². The van der Waals surface area contributed by atoms with Crippen LogP contribution in [0.2, 0.25) is 0 Å². The molecule has 0 heterocycles. The number of carboxylic acid groups (broad SMARTS) is 2. The highest BCUT2D eigenvalue weighted by molar-refractivity contribution is 8.48. The fraction of sp³-hybridized carbons (Fsp3) is 0.389. The summed E-state index contributed by atoms with van der Waals surface area (Å²) in [6.45, 7) is 9.74. The van der Waals surface area contributed by atoms with Gasteiger partial charge in [0.2, 0.25) is 0 Å². The molecule has 0 aliphatic carbocycles. The molecule has 0 bridgehead atoms. The standard InChI is InChI=1S/C9H14O4S3.C8H8.CH4/c1-8(2,5(10)11)15-7(14)16-9(3,4)6(12)13;1-2-8-6-4-3-5-7-8;/h1-4H3,(H,10,11)(H,12,13);2-7H,1H2;1H4. The number of thioether (sulfide) groups is 2. The van der Waals surface area contributed by atoms with Crippen LogP contribution in [0.1, 0.15) is 40.7 Å². The van der Waals surface area contributed by atoms with Crippen LogP contribution in [0.25, 0.3) is 6.08 Å². The van der Waals surface area contributed by atoms with Gasteiger partial charge in [-0.2, -0.15) is 0 Å². The molecular weight excluding hydrogens is 376 g/mol. The Hall–Kier alpha value is -1.31. The van der Waals surface area contributed by atoms with Crippen molar-refractivity contribution in [1.29, 1.82) is 0 Å². The maximum atomic E-state index is 10.8. The maximum absolute atomic E-state index is 10.8. The van der Waals surface area contributed by atoms with Crippen molar-refractivity contribution in [3.8, 4) is 0 Å². The van der Waals surface area contributed by atoms with Crippen molar-refractivity contribution in [1.82, 2.24) is 0 Å². The smallest absolute Gasteiger partial charge is 0.319 e. The highest BCUT2D eigenvalue weighted by Crippen LogP contribution is 2.36. The molecule has 0 aromatic heterocycles. The molecule has 0 spiro atoms. The lowest BCUT2D eigenvalue weighted by Crippen LogP contribution is -2.31. The molecule has 0 aliphatic rings. The van der Waals surface area contributed by atoms with Crippen LogP contribution in [0.15, 0.2) is 36.9 Å². The molecule has 2 N–H and O–H groups in total. The number of carboxylic acids is 2. The molecule has 1 aromatic rings. The summed E-state index contributed by atoms with van der Waals surface area (Å²) in [5.41, 5.74) is 1.17. The van der Waals surface area contributed by atoms with Gasteiger partial charge in [0.05, 0.1) is 0 Å². The first-order valence-corrected chi connectivity index (χ1v) is 9.02. The molecule has 0 fully saturated rings. The predicted molar refractivity (Wildman–Crippen MR) is 114 cm³/mol. The van der Waals surface area contributed by atoms with Crippen LogP contribution < -0.4 is 0 Å². The minimum Gasteiger partial charge on any atom is -0.480 e. The zero-order valence-corrected chi connectivity index (χ0v) is 16.6. The first-order valence-electron chi connectivity index (χ1n) is 6.98. The second kappa shape index (κ2) is 11.3. The van der Waals surface area contributed by atoms with Crippen molar-refractivity contribution in [2.24, 2.45) is 0 Å². The number of benzene rings is 1. The molecule has 1 aromatic carbocycles. The molecule has 0 aliphatic heterocycles. The van der Waals surface area contributed by atoms with E-state index in [2.05, 4.69) is 6.58 Å². The lowest BCUT2D eigenvalue weighted by Gasteiger charge is -2.22. The molecule has 0 atom stereocenters. The third-order valence-corrected chi connectivity index (χ3v) is 5.45. The highest BCUT2D eigenvalue weighted by Gasteiger charge is 2.34. The Morgan fingerprint density at radius 3 is 1.60 bits per heavy atom. The molecule has 0 saturated heterocycles. The second-order valence-electron chi connectivity index (χ2n) is 5.70. The first kappa shape index (κ1) is 25.9. The third-order valence-electron chi connectivity index (χ3n) is 2.74. The number of rotatable bonds is 5. The van der Waals surface area contributed by atoms with E-state index >= 15 is 0 Å². The number of thiocarbonyl (C=S) groups is 1. The summed E-state index contributed by atoms with van der Waals surface area (Å²) in [4.78, 5) is 21.7. The van der Waals surface area contributed by atoms with E-state index in [1.54, 1.807) is 0 Å². The Morgan fingerprint density at radius 1 is 1.00 bits per heavy atom. The summed E-state index contributed by atoms with van der Waals surface area (Å²) >= 11 is 6.96. The molecule has 0 unspecified atom stereocenters. The minimum atomic E-state index is -1.04. The first-order chi connectivity index (χ1) is 10.9. The van der Waals surface area contributed by atoms with Crippen molar-refractivity contribution >= 4 is 57.3 Å². The Kier molecular flexibility index (Phi) is 11.8. The van der Waals surface area contributed by atoms with Crippen molar-refractivity contribution in [3.05, 3.63) is 42.5 Å². The Morgan fingerprint density at radius 2 is 1.36 bits per heavy atom. The van der Waals surface area contributed by atoms with Crippen LogP contribution in [-0.2, 0) is 9.59 Å². The van der Waals surface area contributed by atoms with Gasteiger partial charge in [-0.05, 0) is 33.3 Å². The normalized spacial score (nSPS) is 10.6. The molecular formula is C18H26O4S3. The molecule has 4 nitrogen and oxygen atoms in total. The SMILES string of the molecule is C.C=Cc1ccccc1.CC(C)(SC(=S)SC(C)(C)C(=O)O)C(=O)O. The van der Waals surface area contributed by atoms with E-state index in [0.717, 1.165) is 23.5 Å². The molecule has 1 rings (SSSR count). The van der Waals surface area contributed by atoms with Gasteiger partial charge >= 0.3 is 11.9 Å². The van der Waals surface area contributed by atoms with Gasteiger partial charge in [-0.3, -0.25) is 9.59 Å². The van der Waals surface area contributed by atoms with Gasteiger partial charge in [-0.15, -0.1) is 0 Å². The van der Waals surface area contributed by atoms with Crippen LogP contribution in [0.3, 0.4) is 0 Å². The highest BCUT2D eigenvalue weighted by atomic mass is 32.2. The van der Waals surface area contributed by atoms with Crippen molar-refractivity contribution in [3.63, 3.8) is 0 Å². The number of aliphatic carboxylic acids is 2. The van der Waals surface area contributed by atoms with E-state index in [1.807, 2.05) is 36.4 Å². The third kappa shape index (κ3) is 10.3. The molecule has 140 valence electrons. The summed E-state index contributed by atoms with van der Waals surface area (Å²) in [5, 5.41) is 17.8. The van der Waals surface area contributed by atoms with Crippen LogP contribution in [0, 0.1) is 0 Å². The zero-order valence-electron chi connectivity index (χ0n) is 14.1. The number of hydrogen-bond donors (Lipinski definition) is 2. The van der Waals surface area contributed by atoms with Crippen LogP contribution in [-0.4, -0.2) is 35.2 Å². The van der Waals surface area contributed by atoms with Crippen molar-refractivity contribution in [2.75, 3.05) is 0 Å². The summed E-state index contributed by atoms with van der Waals surface area (Å²) in [5.74, 6) is -1.96. The lowest BCUT2D eigenvalue weighted by atomic mass is 10.2. The topological polar surface area (TPSA) is 74.6 Å². The van der Waals surface area contributed by atoms with Gasteiger partial charge in [-0.25, -0.2) is 0 Å². The van der Waals surface area contributed by atoms with E-state index in [9.17, 15) is 9.59 Å². The number of hydrogen-bond acceptors (Lipinski definition) is 5. The van der Waals surface area contributed by atoms with Gasteiger partial charge in [0.1, 0.15) is 13.0 Å². The summed E-state index contributed by atoms with van der Waals surface area (Å²) in [6, 6.07) is 10.0. The average Bonchev–Trinajstić information content (AvgIpc) is 2.47. The van der Waals surface area contributed by atoms with Gasteiger partial charge in [-0.1, -0.05) is 86.2 Å². The van der Waals surface area contributed by atoms with Gasteiger partial charge in [0.15, 0.2) is 0 Å². The predicted octanol–water partition coefficient (Wildman–Crippen LogP) is 5.43. The average molecular weight is 403 g/mol. The zero-order chi connectivity index (χ0) is 19.0. The second-order valence-corrected chi connectivity index (χ2v) is 10.1. The number of carbonyl (C=O) groups is 2. The molecule has 25 heavy (non-hydrogen) atoms. The van der Waals surface area contributed by atoms with E-state index in [0.29, 0.717) is 3.53 Å².